The second-order valence-electron chi connectivity index (χ2n) is 29.1. The monoisotopic (exact) mass is 1580 g/mol. The van der Waals surface area contributed by atoms with E-state index in [4.69, 9.17) is 11.6 Å². The SMILES string of the molecule is CC(=O)NC(=O)[C@@H](C)NC(=O)[C@@H]1CCCN1C(=O)[C@H](CCCCNC(C)C)NC(=O)[C@H](CC(C)C)NC(=O)[C@@H](CCCCNC(=O)c1cccnc1)NC(=O)[C@H](Cc1ccc(O)cc1)N(C)C(=O)[C@H](CO)NC(=O)[C@@H](Cc1cccnc1)NC(=O)[C@@H](Cc1ccc(Cl)cc1)NC(=O)[C@@H](Cc1ccc2ccccc2c1)NC(C)=O. The molecule has 113 heavy (non-hydrogen) atoms. The molecule has 7 rings (SSSR count). The molecule has 0 aliphatic carbocycles. The predicted molar refractivity (Wildman–Crippen MR) is 423 cm³/mol. The molecule has 13 amide bonds. The van der Waals surface area contributed by atoms with E-state index in [9.17, 15) is 58.2 Å². The van der Waals surface area contributed by atoms with Crippen LogP contribution in [0, 0.1) is 5.92 Å². The molecule has 4 aromatic carbocycles. The maximum Gasteiger partial charge on any atom is 0.252 e. The van der Waals surface area contributed by atoms with E-state index in [0.717, 1.165) is 22.6 Å². The van der Waals surface area contributed by atoms with Crippen molar-refractivity contribution in [2.45, 2.75) is 198 Å². The Hall–Kier alpha value is -11.2. The van der Waals surface area contributed by atoms with Gasteiger partial charge in [-0.25, -0.2) is 0 Å². The lowest BCUT2D eigenvalue weighted by molar-refractivity contribution is -0.144. The number of fused-ring (bicyclic) bond motifs is 1. The average Bonchev–Trinajstić information content (AvgIpc) is 1.42. The van der Waals surface area contributed by atoms with Crippen LogP contribution in [0.5, 0.6) is 5.75 Å². The van der Waals surface area contributed by atoms with Gasteiger partial charge in [-0.3, -0.25) is 77.6 Å². The third kappa shape index (κ3) is 28.8. The summed E-state index contributed by atoms with van der Waals surface area (Å²) in [6.45, 7) is 11.2. The Labute approximate surface area is 663 Å². The van der Waals surface area contributed by atoms with Crippen LogP contribution in [0.3, 0.4) is 0 Å². The molecule has 3 heterocycles. The molecule has 0 radical (unpaired) electrons. The maximum absolute atomic E-state index is 15.4. The van der Waals surface area contributed by atoms with Gasteiger partial charge in [0.2, 0.25) is 70.9 Å². The molecule has 0 bridgehead atoms. The Balaban J connectivity index is 1.16. The first-order valence-corrected chi connectivity index (χ1v) is 38.5. The molecule has 2 aromatic heterocycles. The summed E-state index contributed by atoms with van der Waals surface area (Å²) in [6, 6.07) is 18.2. The molecule has 1 saturated heterocycles. The van der Waals surface area contributed by atoms with Gasteiger partial charge >= 0.3 is 0 Å². The van der Waals surface area contributed by atoms with Crippen molar-refractivity contribution in [1.82, 2.24) is 78.3 Å². The van der Waals surface area contributed by atoms with Crippen LogP contribution in [0.1, 0.15) is 139 Å². The quantitative estimate of drug-likeness (QED) is 0.0244. The normalized spacial score (nSPS) is 14.9. The summed E-state index contributed by atoms with van der Waals surface area (Å²) in [5.41, 5.74) is 2.39. The largest absolute Gasteiger partial charge is 0.508 e. The van der Waals surface area contributed by atoms with E-state index in [1.165, 1.54) is 74.8 Å². The Morgan fingerprint density at radius 2 is 1.07 bits per heavy atom. The van der Waals surface area contributed by atoms with Crippen molar-refractivity contribution in [3.63, 3.8) is 0 Å². The molecule has 1 aliphatic rings. The summed E-state index contributed by atoms with van der Waals surface area (Å²) in [7, 11) is 1.24. The number of hydrogen-bond acceptors (Lipinski definition) is 18. The summed E-state index contributed by atoms with van der Waals surface area (Å²) in [6.07, 6.45) is 7.32. The van der Waals surface area contributed by atoms with E-state index in [-0.39, 0.29) is 95.0 Å². The van der Waals surface area contributed by atoms with Crippen LogP contribution < -0.4 is 58.5 Å². The van der Waals surface area contributed by atoms with E-state index in [1.54, 1.807) is 48.5 Å². The number of aliphatic hydroxyl groups is 1. The number of aromatic nitrogens is 2. The first-order valence-electron chi connectivity index (χ1n) is 38.2. The first kappa shape index (κ1) is 89.0. The average molecular weight is 1580 g/mol. The Kier molecular flexibility index (Phi) is 35.2. The number of hydrogen-bond donors (Lipinski definition) is 13. The summed E-state index contributed by atoms with van der Waals surface area (Å²) in [4.78, 5) is 194. The fraction of sp³-hybridized carbons (Fsp3) is 0.451. The number of likely N-dealkylation sites (tertiary alicyclic amines) is 1. The van der Waals surface area contributed by atoms with Crippen molar-refractivity contribution < 1.29 is 72.5 Å². The van der Waals surface area contributed by atoms with Crippen molar-refractivity contribution in [2.75, 3.05) is 33.3 Å². The van der Waals surface area contributed by atoms with Gasteiger partial charge in [0.15, 0.2) is 0 Å². The molecular formula is C82H106ClN15O15. The number of phenols is 1. The molecule has 31 heteroatoms. The lowest BCUT2D eigenvalue weighted by Crippen LogP contribution is -2.62. The molecule has 1 aliphatic heterocycles. The molecule has 30 nitrogen and oxygen atoms in total. The number of unbranched alkanes of at least 4 members (excludes halogenated alkanes) is 2. The molecule has 606 valence electrons. The standard InChI is InChI=1S/C82H106ClN15O15/c1-49(2)40-65(75(106)92-64(23-12-13-37-86-50(3)4)82(113)98-39-17-24-70(98)79(110)88-51(5)72(103)90-53(7)101)93-74(105)63(22-11-14-38-87-73(104)60-21-16-36-85-47-60)91-80(111)71(45-55-28-33-62(102)34-29-55)97(8)81(112)69(48-99)96-78(109)68(44-57-18-15-35-84-46-57)95-77(108)67(42-54-26-31-61(83)32-27-54)94-76(107)66(89-52(6)100)43-56-25-30-58-19-9-10-20-59(58)41-56/h9-10,15-16,18-21,25-36,41,46-47,49-51,63-71,86,99,102H,11-14,17,22-24,37-40,42-45,48H2,1-8H3,(H,87,104)(H,88,110)(H,89,100)(H,91,111)(H,92,106)(H,93,105)(H,94,107)(H,95,108)(H,96,109)(H,90,101,103)/t51-,63-,64+,65+,66-,67-,68-,69+,70+,71+/m1/s1. The van der Waals surface area contributed by atoms with Crippen molar-refractivity contribution in [1.29, 1.82) is 0 Å². The molecule has 0 saturated carbocycles. The maximum atomic E-state index is 15.4. The fourth-order valence-electron chi connectivity index (χ4n) is 13.1. The number of carbonyl (C=O) groups excluding carboxylic acids is 13. The van der Waals surface area contributed by atoms with Crippen LogP contribution >= 0.6 is 11.6 Å². The number of amides is 13. The molecule has 0 unspecified atom stereocenters. The second kappa shape index (κ2) is 44.7. The highest BCUT2D eigenvalue weighted by atomic mass is 35.5. The number of likely N-dealkylation sites (N-methyl/N-ethyl adjacent to an activating group) is 1. The van der Waals surface area contributed by atoms with Gasteiger partial charge in [0.1, 0.15) is 66.2 Å². The third-order valence-electron chi connectivity index (χ3n) is 19.1. The number of carbonyl (C=O) groups is 13. The minimum Gasteiger partial charge on any atom is -0.508 e. The molecular weight excluding hydrogens is 1470 g/mol. The number of imide groups is 1. The van der Waals surface area contributed by atoms with Gasteiger partial charge in [-0.05, 0) is 153 Å². The third-order valence-corrected chi connectivity index (χ3v) is 19.3. The zero-order valence-corrected chi connectivity index (χ0v) is 65.9. The van der Waals surface area contributed by atoms with Gasteiger partial charge in [-0.2, -0.15) is 0 Å². The Morgan fingerprint density at radius 1 is 0.531 bits per heavy atom. The van der Waals surface area contributed by atoms with Crippen LogP contribution in [0.2, 0.25) is 5.02 Å². The highest BCUT2D eigenvalue weighted by Crippen LogP contribution is 2.23. The van der Waals surface area contributed by atoms with Crippen LogP contribution in [0.15, 0.2) is 140 Å². The number of phenolic OH excluding ortho intramolecular Hbond substituents is 1. The van der Waals surface area contributed by atoms with Crippen LogP contribution in [0.25, 0.3) is 10.8 Å². The lowest BCUT2D eigenvalue weighted by atomic mass is 9.99. The Bertz CT molecular complexity index is 4240. The van der Waals surface area contributed by atoms with Gasteiger partial charge in [0, 0.05) is 95.5 Å². The predicted octanol–water partition coefficient (Wildman–Crippen LogP) is 3.47. The number of benzene rings is 4. The van der Waals surface area contributed by atoms with Gasteiger partial charge in [-0.15, -0.1) is 0 Å². The number of pyridine rings is 2. The minimum absolute atomic E-state index is 0.0166. The summed E-state index contributed by atoms with van der Waals surface area (Å²) in [5, 5.41) is 54.0. The van der Waals surface area contributed by atoms with E-state index in [2.05, 4.69) is 68.5 Å². The zero-order chi connectivity index (χ0) is 82.3. The molecule has 10 atom stereocenters. The number of rotatable bonds is 42. The number of nitrogens with one attached hydrogen (secondary N) is 11. The number of nitrogens with zero attached hydrogens (tertiary/aromatic N) is 4. The van der Waals surface area contributed by atoms with E-state index >= 15 is 14.4 Å². The topological polar surface area (TPSA) is 427 Å². The van der Waals surface area contributed by atoms with E-state index < -0.39 is 144 Å². The molecule has 0 spiro atoms. The fourth-order valence-corrected chi connectivity index (χ4v) is 13.2. The first-order chi connectivity index (χ1) is 54.0. The highest BCUT2D eigenvalue weighted by Gasteiger charge is 2.41. The van der Waals surface area contributed by atoms with Crippen LogP contribution in [-0.4, -0.2) is 207 Å². The smallest absolute Gasteiger partial charge is 0.252 e. The van der Waals surface area contributed by atoms with E-state index in [0.29, 0.717) is 58.6 Å². The number of aromatic hydroxyl groups is 1. The summed E-state index contributed by atoms with van der Waals surface area (Å²) >= 11 is 6.27. The van der Waals surface area contributed by atoms with Gasteiger partial charge in [-0.1, -0.05) is 112 Å². The molecule has 13 N–H and O–H groups in total. The van der Waals surface area contributed by atoms with Gasteiger partial charge in [0.25, 0.3) is 5.91 Å². The lowest BCUT2D eigenvalue weighted by Gasteiger charge is -2.33. The zero-order valence-electron chi connectivity index (χ0n) is 65.1. The molecule has 6 aromatic rings. The number of aliphatic hydroxyl groups excluding tert-OH is 1. The molecule has 1 fully saturated rings. The minimum atomic E-state index is -1.83. The van der Waals surface area contributed by atoms with Crippen LogP contribution in [-0.2, 0) is 83.2 Å². The Morgan fingerprint density at radius 3 is 1.68 bits per heavy atom. The van der Waals surface area contributed by atoms with Crippen molar-refractivity contribution >= 4 is 99.2 Å². The van der Waals surface area contributed by atoms with Gasteiger partial charge in [0.05, 0.1) is 12.2 Å². The van der Waals surface area contributed by atoms with Crippen molar-refractivity contribution in [3.8, 4) is 5.75 Å². The summed E-state index contributed by atoms with van der Waals surface area (Å²) < 4.78 is 0. The summed E-state index contributed by atoms with van der Waals surface area (Å²) in [5.74, 6) is -10.1. The van der Waals surface area contributed by atoms with Crippen molar-refractivity contribution in [3.05, 3.63) is 173 Å². The second-order valence-corrected chi connectivity index (χ2v) is 29.5. The van der Waals surface area contributed by atoms with Gasteiger partial charge < -0.3 is 73.2 Å². The van der Waals surface area contributed by atoms with Crippen LogP contribution in [0.4, 0.5) is 0 Å². The highest BCUT2D eigenvalue weighted by molar-refractivity contribution is 6.30. The van der Waals surface area contributed by atoms with E-state index in [1.807, 2.05) is 70.2 Å². The number of halogens is 1. The van der Waals surface area contributed by atoms with Crippen molar-refractivity contribution in [2.24, 2.45) is 5.92 Å².